The fourth-order valence-corrected chi connectivity index (χ4v) is 2.68. The number of nitrogens with zero attached hydrogens (tertiary/aromatic N) is 1. The second kappa shape index (κ2) is 4.05. The van der Waals surface area contributed by atoms with Gasteiger partial charge < -0.3 is 5.73 Å². The van der Waals surface area contributed by atoms with Gasteiger partial charge in [0.05, 0.1) is 11.1 Å². The molecule has 0 saturated heterocycles. The maximum absolute atomic E-state index is 13.3. The van der Waals surface area contributed by atoms with Gasteiger partial charge in [0.25, 0.3) is 0 Å². The van der Waals surface area contributed by atoms with E-state index in [0.29, 0.717) is 16.5 Å². The van der Waals surface area contributed by atoms with E-state index >= 15 is 0 Å². The molecule has 0 atom stereocenters. The van der Waals surface area contributed by atoms with Crippen molar-refractivity contribution in [2.24, 2.45) is 5.73 Å². The molecule has 1 aliphatic carbocycles. The van der Waals surface area contributed by atoms with Gasteiger partial charge in [-0.15, -0.1) is 0 Å². The molecule has 18 heavy (non-hydrogen) atoms. The van der Waals surface area contributed by atoms with Crippen LogP contribution in [0.3, 0.4) is 0 Å². The molecule has 3 nitrogen and oxygen atoms in total. The number of hydrogen-bond donors (Lipinski definition) is 1. The minimum atomic E-state index is -0.494. The molecule has 1 aromatic heterocycles. The molecule has 0 saturated carbocycles. The van der Waals surface area contributed by atoms with Gasteiger partial charge >= 0.3 is 0 Å². The summed E-state index contributed by atoms with van der Waals surface area (Å²) in [7, 11) is 0. The molecule has 3 rings (SSSR count). The first-order valence-corrected chi connectivity index (χ1v) is 6.07. The predicted octanol–water partition coefficient (Wildman–Crippen LogP) is 2.35. The predicted molar refractivity (Wildman–Crippen MR) is 66.9 cm³/mol. The van der Waals surface area contributed by atoms with Crippen molar-refractivity contribution < 1.29 is 9.18 Å². The number of primary amides is 1. The van der Waals surface area contributed by atoms with Crippen LogP contribution in [0, 0.1) is 5.82 Å². The SMILES string of the molecule is NC(=O)c1c2c(nc3ccc(F)cc13)CCCC2. The van der Waals surface area contributed by atoms with Crippen LogP contribution in [-0.2, 0) is 12.8 Å². The van der Waals surface area contributed by atoms with E-state index in [1.165, 1.54) is 12.1 Å². The van der Waals surface area contributed by atoms with Gasteiger partial charge in [0, 0.05) is 11.1 Å². The van der Waals surface area contributed by atoms with E-state index in [9.17, 15) is 9.18 Å². The fraction of sp³-hybridized carbons (Fsp3) is 0.286. The van der Waals surface area contributed by atoms with Crippen molar-refractivity contribution in [2.75, 3.05) is 0 Å². The zero-order chi connectivity index (χ0) is 12.7. The smallest absolute Gasteiger partial charge is 0.249 e. The summed E-state index contributed by atoms with van der Waals surface area (Å²) in [5.41, 5.74) is 8.41. The van der Waals surface area contributed by atoms with Crippen LogP contribution in [0.5, 0.6) is 0 Å². The number of aryl methyl sites for hydroxylation is 1. The number of carbonyl (C=O) groups excluding carboxylic acids is 1. The first-order valence-electron chi connectivity index (χ1n) is 6.07. The molecule has 1 heterocycles. The minimum absolute atomic E-state index is 0.373. The molecule has 4 heteroatoms. The lowest BCUT2D eigenvalue weighted by Gasteiger charge is -2.19. The molecular formula is C14H13FN2O. The summed E-state index contributed by atoms with van der Waals surface area (Å²) in [4.78, 5) is 16.2. The van der Waals surface area contributed by atoms with Gasteiger partial charge in [0.1, 0.15) is 5.82 Å². The van der Waals surface area contributed by atoms with Crippen LogP contribution < -0.4 is 5.73 Å². The molecule has 0 spiro atoms. The molecule has 92 valence electrons. The van der Waals surface area contributed by atoms with Gasteiger partial charge in [-0.25, -0.2) is 4.39 Å². The van der Waals surface area contributed by atoms with Crippen LogP contribution in [0.15, 0.2) is 18.2 Å². The van der Waals surface area contributed by atoms with E-state index in [1.54, 1.807) is 6.07 Å². The monoisotopic (exact) mass is 244 g/mol. The van der Waals surface area contributed by atoms with Crippen molar-refractivity contribution in [2.45, 2.75) is 25.7 Å². The van der Waals surface area contributed by atoms with Crippen LogP contribution in [0.4, 0.5) is 4.39 Å². The second-order valence-corrected chi connectivity index (χ2v) is 4.64. The first kappa shape index (κ1) is 11.1. The number of amides is 1. The highest BCUT2D eigenvalue weighted by molar-refractivity contribution is 6.07. The van der Waals surface area contributed by atoms with E-state index in [2.05, 4.69) is 4.98 Å². The highest BCUT2D eigenvalue weighted by atomic mass is 19.1. The number of hydrogen-bond acceptors (Lipinski definition) is 2. The lowest BCUT2D eigenvalue weighted by atomic mass is 9.89. The number of rotatable bonds is 1. The Balaban J connectivity index is 2.41. The molecule has 0 unspecified atom stereocenters. The van der Waals surface area contributed by atoms with Crippen LogP contribution >= 0.6 is 0 Å². The molecule has 2 N–H and O–H groups in total. The van der Waals surface area contributed by atoms with Gasteiger partial charge in [-0.2, -0.15) is 0 Å². The molecular weight excluding hydrogens is 231 g/mol. The Morgan fingerprint density at radius 3 is 2.83 bits per heavy atom. The third-order valence-corrected chi connectivity index (χ3v) is 3.47. The molecule has 0 bridgehead atoms. The Bertz CT molecular complexity index is 652. The quantitative estimate of drug-likeness (QED) is 0.837. The Morgan fingerprint density at radius 1 is 1.28 bits per heavy atom. The summed E-state index contributed by atoms with van der Waals surface area (Å²) in [6.45, 7) is 0. The van der Waals surface area contributed by atoms with Crippen LogP contribution in [-0.4, -0.2) is 10.9 Å². The van der Waals surface area contributed by atoms with E-state index in [4.69, 9.17) is 5.73 Å². The highest BCUT2D eigenvalue weighted by Gasteiger charge is 2.21. The van der Waals surface area contributed by atoms with E-state index in [0.717, 1.165) is 36.9 Å². The maximum Gasteiger partial charge on any atom is 0.249 e. The molecule has 0 fully saturated rings. The zero-order valence-electron chi connectivity index (χ0n) is 9.87. The molecule has 1 amide bonds. The Kier molecular flexibility index (Phi) is 2.51. The van der Waals surface area contributed by atoms with Crippen LogP contribution in [0.1, 0.15) is 34.5 Å². The van der Waals surface area contributed by atoms with Gasteiger partial charge in [0.2, 0.25) is 5.91 Å². The number of pyridine rings is 1. The number of nitrogens with two attached hydrogens (primary N) is 1. The first-order chi connectivity index (χ1) is 8.66. The minimum Gasteiger partial charge on any atom is -0.366 e. The van der Waals surface area contributed by atoms with Crippen molar-refractivity contribution >= 4 is 16.8 Å². The highest BCUT2D eigenvalue weighted by Crippen LogP contribution is 2.29. The van der Waals surface area contributed by atoms with E-state index in [1.807, 2.05) is 0 Å². The molecule has 2 aromatic rings. The van der Waals surface area contributed by atoms with Crippen LogP contribution in [0.25, 0.3) is 10.9 Å². The number of benzene rings is 1. The Morgan fingerprint density at radius 2 is 2.06 bits per heavy atom. The van der Waals surface area contributed by atoms with Gasteiger partial charge in [-0.1, -0.05) is 0 Å². The van der Waals surface area contributed by atoms with Crippen molar-refractivity contribution in [3.05, 3.63) is 40.8 Å². The zero-order valence-corrected chi connectivity index (χ0v) is 9.87. The fourth-order valence-electron chi connectivity index (χ4n) is 2.68. The van der Waals surface area contributed by atoms with Crippen LogP contribution in [0.2, 0.25) is 0 Å². The third kappa shape index (κ3) is 1.65. The lowest BCUT2D eigenvalue weighted by Crippen LogP contribution is -2.19. The van der Waals surface area contributed by atoms with Crippen molar-refractivity contribution in [3.63, 3.8) is 0 Å². The number of fused-ring (bicyclic) bond motifs is 2. The molecule has 0 radical (unpaired) electrons. The third-order valence-electron chi connectivity index (χ3n) is 3.47. The Labute approximate surface area is 104 Å². The van der Waals surface area contributed by atoms with E-state index in [-0.39, 0.29) is 5.82 Å². The summed E-state index contributed by atoms with van der Waals surface area (Å²) in [5.74, 6) is -0.867. The van der Waals surface area contributed by atoms with Crippen molar-refractivity contribution in [3.8, 4) is 0 Å². The number of carbonyl (C=O) groups is 1. The van der Waals surface area contributed by atoms with E-state index < -0.39 is 5.91 Å². The molecule has 1 aliphatic rings. The van der Waals surface area contributed by atoms with Crippen molar-refractivity contribution in [1.29, 1.82) is 0 Å². The van der Waals surface area contributed by atoms with Crippen molar-refractivity contribution in [1.82, 2.24) is 4.98 Å². The Hall–Kier alpha value is -1.97. The average Bonchev–Trinajstić information content (AvgIpc) is 2.35. The summed E-state index contributed by atoms with van der Waals surface area (Å²) in [6, 6.07) is 4.30. The summed E-state index contributed by atoms with van der Waals surface area (Å²) < 4.78 is 13.3. The van der Waals surface area contributed by atoms with Gasteiger partial charge in [-0.3, -0.25) is 9.78 Å². The van der Waals surface area contributed by atoms with Gasteiger partial charge in [-0.05, 0) is 49.4 Å². The standard InChI is InChI=1S/C14H13FN2O/c15-8-5-6-12-10(7-8)13(14(16)18)9-3-1-2-4-11(9)17-12/h5-7H,1-4H2,(H2,16,18). The topological polar surface area (TPSA) is 56.0 Å². The second-order valence-electron chi connectivity index (χ2n) is 4.64. The maximum atomic E-state index is 13.3. The molecule has 1 aromatic carbocycles. The average molecular weight is 244 g/mol. The molecule has 0 aliphatic heterocycles. The number of halogens is 1. The summed E-state index contributed by atoms with van der Waals surface area (Å²) >= 11 is 0. The lowest BCUT2D eigenvalue weighted by molar-refractivity contribution is 0.100. The summed E-state index contributed by atoms with van der Waals surface area (Å²) in [5, 5.41) is 0.531. The normalized spacial score (nSPS) is 14.5. The summed E-state index contributed by atoms with van der Waals surface area (Å²) in [6.07, 6.45) is 3.76. The van der Waals surface area contributed by atoms with Gasteiger partial charge in [0.15, 0.2) is 0 Å². The largest absolute Gasteiger partial charge is 0.366 e. The number of aromatic nitrogens is 1.